The average Bonchev–Trinajstić information content (AvgIpc) is 2.79. The number of carbonyl (C=O) groups is 1. The van der Waals surface area contributed by atoms with Crippen molar-refractivity contribution in [1.82, 2.24) is 0 Å². The van der Waals surface area contributed by atoms with E-state index >= 15 is 0 Å². The molecule has 1 unspecified atom stereocenters. The summed E-state index contributed by atoms with van der Waals surface area (Å²) in [6, 6.07) is 3.60. The maximum Gasteiger partial charge on any atom is 0.344 e. The van der Waals surface area contributed by atoms with E-state index in [0.29, 0.717) is 17.2 Å². The van der Waals surface area contributed by atoms with Crippen LogP contribution in [-0.4, -0.2) is 17.2 Å². The smallest absolute Gasteiger partial charge is 0.344 e. The number of ether oxygens (including phenoxy) is 1. The van der Waals surface area contributed by atoms with Gasteiger partial charge in [-0.25, -0.2) is 4.79 Å². The van der Waals surface area contributed by atoms with Crippen LogP contribution in [0.4, 0.5) is 0 Å². The molecule has 0 saturated heterocycles. The molecule has 0 aliphatic carbocycles. The van der Waals surface area contributed by atoms with Gasteiger partial charge in [0.25, 0.3) is 0 Å². The summed E-state index contributed by atoms with van der Waals surface area (Å²) in [5.41, 5.74) is 0. The van der Waals surface area contributed by atoms with Crippen molar-refractivity contribution in [1.29, 1.82) is 0 Å². The van der Waals surface area contributed by atoms with Crippen molar-refractivity contribution in [3.63, 3.8) is 0 Å². The molecule has 0 saturated carbocycles. The van der Waals surface area contributed by atoms with E-state index in [1.54, 1.807) is 13.0 Å². The second-order valence-corrected chi connectivity index (χ2v) is 5.37. The van der Waals surface area contributed by atoms with Gasteiger partial charge in [-0.05, 0) is 29.3 Å². The predicted octanol–water partition coefficient (Wildman–Crippen LogP) is 4.45. The number of rotatable bonds is 4. The highest BCUT2D eigenvalue weighted by Crippen LogP contribution is 2.41. The fourth-order valence-corrected chi connectivity index (χ4v) is 2.98. The zero-order valence-electron chi connectivity index (χ0n) is 9.44. The van der Waals surface area contributed by atoms with E-state index in [1.807, 2.05) is 11.4 Å². The lowest BCUT2D eigenvalue weighted by Gasteiger charge is -2.15. The van der Waals surface area contributed by atoms with Gasteiger partial charge in [-0.15, -0.1) is 11.3 Å². The summed E-state index contributed by atoms with van der Waals surface area (Å²) in [5.74, 6) is -0.711. The maximum atomic E-state index is 10.9. The lowest BCUT2D eigenvalue weighted by molar-refractivity contribution is -0.145. The number of benzene rings is 1. The molecule has 96 valence electrons. The Balaban J connectivity index is 2.44. The van der Waals surface area contributed by atoms with Crippen LogP contribution >= 0.6 is 34.5 Å². The van der Waals surface area contributed by atoms with Crippen molar-refractivity contribution in [2.75, 3.05) is 0 Å². The minimum Gasteiger partial charge on any atom is -0.479 e. The van der Waals surface area contributed by atoms with E-state index in [-0.39, 0.29) is 5.02 Å². The van der Waals surface area contributed by atoms with E-state index < -0.39 is 12.1 Å². The van der Waals surface area contributed by atoms with Crippen molar-refractivity contribution in [2.45, 2.75) is 19.4 Å². The fourth-order valence-electron chi connectivity index (χ4n) is 1.57. The van der Waals surface area contributed by atoms with Gasteiger partial charge in [-0.1, -0.05) is 30.1 Å². The molecule has 6 heteroatoms. The lowest BCUT2D eigenvalue weighted by atomic mass is 10.2. The molecule has 0 fully saturated rings. The molecule has 18 heavy (non-hydrogen) atoms. The van der Waals surface area contributed by atoms with E-state index in [1.165, 1.54) is 11.3 Å². The summed E-state index contributed by atoms with van der Waals surface area (Å²) in [4.78, 5) is 10.9. The van der Waals surface area contributed by atoms with Crippen LogP contribution in [0, 0.1) is 0 Å². The van der Waals surface area contributed by atoms with Crippen molar-refractivity contribution >= 4 is 50.6 Å². The van der Waals surface area contributed by atoms with E-state index in [2.05, 4.69) is 0 Å². The Kier molecular flexibility index (Phi) is 4.00. The summed E-state index contributed by atoms with van der Waals surface area (Å²) in [7, 11) is 0. The van der Waals surface area contributed by atoms with Gasteiger partial charge in [0.05, 0.1) is 9.72 Å². The molecule has 0 bridgehead atoms. The standard InChI is InChI=1S/C12H10Cl2O3S/c1-2-7(12(15)16)17-8-5-6-3-4-18-11(6)10(14)9(8)13/h3-5,7H,2H2,1H3,(H,15,16). The van der Waals surface area contributed by atoms with Gasteiger partial charge in [0.15, 0.2) is 6.10 Å². The molecule has 0 radical (unpaired) electrons. The molecule has 0 aliphatic heterocycles. The molecule has 1 aromatic carbocycles. The number of carboxylic acids is 1. The largest absolute Gasteiger partial charge is 0.479 e. The summed E-state index contributed by atoms with van der Waals surface area (Å²) in [6.45, 7) is 1.73. The molecule has 3 nitrogen and oxygen atoms in total. The highest BCUT2D eigenvalue weighted by molar-refractivity contribution is 7.18. The van der Waals surface area contributed by atoms with Crippen LogP contribution in [0.5, 0.6) is 5.75 Å². The van der Waals surface area contributed by atoms with Gasteiger partial charge in [0.2, 0.25) is 0 Å². The van der Waals surface area contributed by atoms with Gasteiger partial charge in [0.1, 0.15) is 10.8 Å². The number of hydrogen-bond acceptors (Lipinski definition) is 3. The Labute approximate surface area is 118 Å². The first-order valence-electron chi connectivity index (χ1n) is 5.29. The highest BCUT2D eigenvalue weighted by atomic mass is 35.5. The Morgan fingerprint density at radius 1 is 1.50 bits per heavy atom. The van der Waals surface area contributed by atoms with Crippen LogP contribution < -0.4 is 4.74 Å². The Morgan fingerprint density at radius 2 is 2.22 bits per heavy atom. The van der Waals surface area contributed by atoms with Crippen molar-refractivity contribution in [3.05, 3.63) is 27.6 Å². The second-order valence-electron chi connectivity index (χ2n) is 3.69. The Hall–Kier alpha value is -0.970. The molecule has 1 N–H and O–H groups in total. The molecule has 1 aromatic heterocycles. The normalized spacial score (nSPS) is 12.6. The van der Waals surface area contributed by atoms with Crippen molar-refractivity contribution in [3.8, 4) is 5.75 Å². The van der Waals surface area contributed by atoms with Crippen LogP contribution in [-0.2, 0) is 4.79 Å². The van der Waals surface area contributed by atoms with Gasteiger partial charge in [-0.2, -0.15) is 0 Å². The summed E-state index contributed by atoms with van der Waals surface area (Å²) in [5, 5.41) is 12.4. The molecule has 1 heterocycles. The Bertz CT molecular complexity index is 594. The summed E-state index contributed by atoms with van der Waals surface area (Å²) >= 11 is 13.7. The van der Waals surface area contributed by atoms with E-state index in [4.69, 9.17) is 33.0 Å². The van der Waals surface area contributed by atoms with Crippen LogP contribution in [0.2, 0.25) is 10.0 Å². The first-order valence-corrected chi connectivity index (χ1v) is 6.92. The monoisotopic (exact) mass is 304 g/mol. The minimum absolute atomic E-state index is 0.256. The first kappa shape index (κ1) is 13.5. The van der Waals surface area contributed by atoms with Gasteiger partial charge in [-0.3, -0.25) is 0 Å². The lowest BCUT2D eigenvalue weighted by Crippen LogP contribution is -2.26. The SMILES string of the molecule is CCC(Oc1cc2ccsc2c(Cl)c1Cl)C(=O)O. The molecule has 1 atom stereocenters. The quantitative estimate of drug-likeness (QED) is 0.907. The number of aliphatic carboxylic acids is 1. The molecular formula is C12H10Cl2O3S. The van der Waals surface area contributed by atoms with Crippen LogP contribution in [0.1, 0.15) is 13.3 Å². The van der Waals surface area contributed by atoms with Crippen LogP contribution in [0.15, 0.2) is 17.5 Å². The van der Waals surface area contributed by atoms with Crippen molar-refractivity contribution < 1.29 is 14.6 Å². The molecule has 0 amide bonds. The van der Waals surface area contributed by atoms with E-state index in [9.17, 15) is 4.79 Å². The molecule has 0 spiro atoms. The zero-order chi connectivity index (χ0) is 13.3. The van der Waals surface area contributed by atoms with Crippen LogP contribution in [0.25, 0.3) is 10.1 Å². The number of carboxylic acid groups (broad SMARTS) is 1. The van der Waals surface area contributed by atoms with Crippen molar-refractivity contribution in [2.24, 2.45) is 0 Å². The molecule has 2 aromatic rings. The maximum absolute atomic E-state index is 10.9. The minimum atomic E-state index is -1.02. The second kappa shape index (κ2) is 5.34. The van der Waals surface area contributed by atoms with Gasteiger partial charge in [0, 0.05) is 0 Å². The average molecular weight is 305 g/mol. The van der Waals surface area contributed by atoms with Gasteiger partial charge >= 0.3 is 5.97 Å². The van der Waals surface area contributed by atoms with Gasteiger partial charge < -0.3 is 9.84 Å². The fraction of sp³-hybridized carbons (Fsp3) is 0.250. The summed E-state index contributed by atoms with van der Waals surface area (Å²) < 4.78 is 6.28. The molecular weight excluding hydrogens is 295 g/mol. The van der Waals surface area contributed by atoms with E-state index in [0.717, 1.165) is 10.1 Å². The molecule has 2 rings (SSSR count). The number of hydrogen-bond donors (Lipinski definition) is 1. The third-order valence-corrected chi connectivity index (χ3v) is 4.42. The van der Waals surface area contributed by atoms with Crippen LogP contribution in [0.3, 0.4) is 0 Å². The third kappa shape index (κ3) is 2.41. The molecule has 0 aliphatic rings. The zero-order valence-corrected chi connectivity index (χ0v) is 11.8. The number of thiophene rings is 1. The summed E-state index contributed by atoms with van der Waals surface area (Å²) in [6.07, 6.45) is -0.569. The number of fused-ring (bicyclic) bond motifs is 1. The number of halogens is 2. The predicted molar refractivity (Wildman–Crippen MR) is 74.2 cm³/mol. The highest BCUT2D eigenvalue weighted by Gasteiger charge is 2.20. The Morgan fingerprint density at radius 3 is 2.83 bits per heavy atom. The topological polar surface area (TPSA) is 46.5 Å². The first-order chi connectivity index (χ1) is 8.54. The third-order valence-electron chi connectivity index (χ3n) is 2.51.